The summed E-state index contributed by atoms with van der Waals surface area (Å²) in [7, 11) is 1.57. The average Bonchev–Trinajstić information content (AvgIpc) is 2.91. The molecular weight excluding hydrogens is 288 g/mol. The number of thiazole rings is 1. The van der Waals surface area contributed by atoms with Gasteiger partial charge in [-0.3, -0.25) is 4.79 Å². The third-order valence-corrected chi connectivity index (χ3v) is 3.78. The van der Waals surface area contributed by atoms with Crippen molar-refractivity contribution in [2.45, 2.75) is 13.3 Å². The van der Waals surface area contributed by atoms with E-state index in [0.717, 1.165) is 17.1 Å². The van der Waals surface area contributed by atoms with Crippen molar-refractivity contribution in [2.24, 2.45) is 0 Å². The summed E-state index contributed by atoms with van der Waals surface area (Å²) in [5.41, 5.74) is 1.01. The number of benzene rings is 1. The molecule has 2 aromatic rings. The van der Waals surface area contributed by atoms with Crippen LogP contribution in [0.3, 0.4) is 0 Å². The van der Waals surface area contributed by atoms with Crippen molar-refractivity contribution in [1.29, 1.82) is 0 Å². The first kappa shape index (κ1) is 15.3. The molecule has 1 aromatic carbocycles. The molecule has 6 heteroatoms. The van der Waals surface area contributed by atoms with E-state index in [1.54, 1.807) is 30.6 Å². The number of aromatic nitrogens is 1. The Morgan fingerprint density at radius 2 is 2.10 bits per heavy atom. The van der Waals surface area contributed by atoms with Crippen LogP contribution in [0.4, 0.5) is 0 Å². The van der Waals surface area contributed by atoms with Gasteiger partial charge in [-0.15, -0.1) is 11.3 Å². The third kappa shape index (κ3) is 4.75. The van der Waals surface area contributed by atoms with Gasteiger partial charge in [0.05, 0.1) is 12.1 Å². The highest BCUT2D eigenvalue weighted by Crippen LogP contribution is 2.25. The molecule has 0 aliphatic heterocycles. The topological polar surface area (TPSA) is 60.5 Å². The molecule has 1 heterocycles. The Hall–Kier alpha value is -2.08. The number of hydrogen-bond acceptors (Lipinski definition) is 5. The molecule has 1 aromatic heterocycles. The van der Waals surface area contributed by atoms with Crippen molar-refractivity contribution in [2.75, 3.05) is 20.3 Å². The van der Waals surface area contributed by atoms with E-state index in [2.05, 4.69) is 10.3 Å². The van der Waals surface area contributed by atoms with Crippen molar-refractivity contribution < 1.29 is 14.3 Å². The van der Waals surface area contributed by atoms with Crippen molar-refractivity contribution in [3.8, 4) is 11.5 Å². The van der Waals surface area contributed by atoms with Crippen LogP contribution in [0.5, 0.6) is 11.5 Å². The molecule has 1 amide bonds. The molecule has 0 unspecified atom stereocenters. The van der Waals surface area contributed by atoms with Crippen molar-refractivity contribution in [3.05, 3.63) is 40.3 Å². The molecule has 0 saturated heterocycles. The minimum absolute atomic E-state index is 0.0305. The van der Waals surface area contributed by atoms with E-state index >= 15 is 0 Å². The minimum atomic E-state index is -0.158. The van der Waals surface area contributed by atoms with E-state index in [9.17, 15) is 4.79 Å². The zero-order valence-electron chi connectivity index (χ0n) is 12.1. The summed E-state index contributed by atoms with van der Waals surface area (Å²) in [6.45, 7) is 2.48. The summed E-state index contributed by atoms with van der Waals surface area (Å²) < 4.78 is 10.6. The summed E-state index contributed by atoms with van der Waals surface area (Å²) in [5, 5.41) is 5.84. The van der Waals surface area contributed by atoms with Gasteiger partial charge in [-0.1, -0.05) is 12.1 Å². The number of nitrogens with one attached hydrogen (secondary N) is 1. The Morgan fingerprint density at radius 3 is 2.76 bits per heavy atom. The number of methoxy groups -OCH3 is 1. The van der Waals surface area contributed by atoms with E-state index < -0.39 is 0 Å². The summed E-state index contributed by atoms with van der Waals surface area (Å²) in [4.78, 5) is 16.1. The average molecular weight is 306 g/mol. The fraction of sp³-hybridized carbons (Fsp3) is 0.333. The van der Waals surface area contributed by atoms with Crippen LogP contribution in [0.2, 0.25) is 0 Å². The summed E-state index contributed by atoms with van der Waals surface area (Å²) in [5.74, 6) is 1.02. The number of nitrogens with zero attached hydrogens (tertiary/aromatic N) is 1. The smallest absolute Gasteiger partial charge is 0.257 e. The fourth-order valence-corrected chi connectivity index (χ4v) is 2.53. The van der Waals surface area contributed by atoms with Crippen molar-refractivity contribution in [1.82, 2.24) is 10.3 Å². The minimum Gasteiger partial charge on any atom is -0.493 e. The van der Waals surface area contributed by atoms with E-state index in [4.69, 9.17) is 9.47 Å². The Bertz CT molecular complexity index is 598. The van der Waals surface area contributed by atoms with Gasteiger partial charge in [0.15, 0.2) is 18.1 Å². The lowest BCUT2D eigenvalue weighted by Crippen LogP contribution is -2.30. The Balaban J connectivity index is 1.72. The molecule has 0 fully saturated rings. The molecule has 0 radical (unpaired) electrons. The van der Waals surface area contributed by atoms with Gasteiger partial charge in [0.1, 0.15) is 0 Å². The van der Waals surface area contributed by atoms with Crippen LogP contribution in [-0.4, -0.2) is 31.2 Å². The molecule has 0 bridgehead atoms. The lowest BCUT2D eigenvalue weighted by molar-refractivity contribution is -0.123. The highest BCUT2D eigenvalue weighted by molar-refractivity contribution is 7.09. The Kier molecular flexibility index (Phi) is 5.57. The molecule has 2 rings (SSSR count). The normalized spacial score (nSPS) is 10.2. The summed E-state index contributed by atoms with van der Waals surface area (Å²) in [6.07, 6.45) is 0.735. The largest absolute Gasteiger partial charge is 0.493 e. The molecule has 0 spiro atoms. The SMILES string of the molecule is COc1ccccc1OCC(=O)NCCc1nc(C)cs1. The van der Waals surface area contributed by atoms with Crippen LogP contribution in [0.1, 0.15) is 10.7 Å². The number of para-hydroxylation sites is 2. The molecule has 0 aliphatic carbocycles. The van der Waals surface area contributed by atoms with E-state index in [1.165, 1.54) is 0 Å². The second-order valence-electron chi connectivity index (χ2n) is 4.42. The van der Waals surface area contributed by atoms with Gasteiger partial charge in [-0.25, -0.2) is 4.98 Å². The maximum atomic E-state index is 11.7. The Morgan fingerprint density at radius 1 is 1.33 bits per heavy atom. The molecular formula is C15H18N2O3S. The van der Waals surface area contributed by atoms with Crippen LogP contribution < -0.4 is 14.8 Å². The summed E-state index contributed by atoms with van der Waals surface area (Å²) in [6, 6.07) is 7.24. The van der Waals surface area contributed by atoms with Gasteiger partial charge in [0.2, 0.25) is 0 Å². The number of ether oxygens (including phenoxy) is 2. The van der Waals surface area contributed by atoms with Crippen LogP contribution >= 0.6 is 11.3 Å². The maximum absolute atomic E-state index is 11.7. The summed E-state index contributed by atoms with van der Waals surface area (Å²) >= 11 is 1.61. The highest BCUT2D eigenvalue weighted by atomic mass is 32.1. The van der Waals surface area contributed by atoms with Crippen LogP contribution in [0.15, 0.2) is 29.6 Å². The lowest BCUT2D eigenvalue weighted by atomic mass is 10.3. The van der Waals surface area contributed by atoms with Crippen LogP contribution in [-0.2, 0) is 11.2 Å². The first-order chi connectivity index (χ1) is 10.2. The monoisotopic (exact) mass is 306 g/mol. The predicted octanol–water partition coefficient (Wildman–Crippen LogP) is 2.20. The zero-order chi connectivity index (χ0) is 15.1. The quantitative estimate of drug-likeness (QED) is 0.852. The predicted molar refractivity (Wildman–Crippen MR) is 82.1 cm³/mol. The number of carbonyl (C=O) groups excluding carboxylic acids is 1. The molecule has 112 valence electrons. The molecule has 0 atom stereocenters. The highest BCUT2D eigenvalue weighted by Gasteiger charge is 2.07. The van der Waals surface area contributed by atoms with Gasteiger partial charge in [0, 0.05) is 24.0 Å². The third-order valence-electron chi connectivity index (χ3n) is 2.76. The number of hydrogen-bond donors (Lipinski definition) is 1. The van der Waals surface area contributed by atoms with Gasteiger partial charge < -0.3 is 14.8 Å². The first-order valence-corrected chi connectivity index (χ1v) is 7.50. The molecule has 5 nitrogen and oxygen atoms in total. The second kappa shape index (κ2) is 7.64. The van der Waals surface area contributed by atoms with Crippen LogP contribution in [0.25, 0.3) is 0 Å². The Labute approximate surface area is 127 Å². The van der Waals surface area contributed by atoms with Gasteiger partial charge in [-0.2, -0.15) is 0 Å². The second-order valence-corrected chi connectivity index (χ2v) is 5.36. The van der Waals surface area contributed by atoms with Crippen molar-refractivity contribution in [3.63, 3.8) is 0 Å². The maximum Gasteiger partial charge on any atom is 0.257 e. The number of rotatable bonds is 7. The number of aryl methyl sites for hydroxylation is 1. The number of carbonyl (C=O) groups is 1. The van der Waals surface area contributed by atoms with Gasteiger partial charge in [-0.05, 0) is 19.1 Å². The molecule has 0 aliphatic rings. The molecule has 0 saturated carbocycles. The van der Waals surface area contributed by atoms with E-state index in [0.29, 0.717) is 18.0 Å². The zero-order valence-corrected chi connectivity index (χ0v) is 12.9. The first-order valence-electron chi connectivity index (χ1n) is 6.62. The standard InChI is InChI=1S/C15H18N2O3S/c1-11-10-21-15(17-11)7-8-16-14(18)9-20-13-6-4-3-5-12(13)19-2/h3-6,10H,7-9H2,1-2H3,(H,16,18). The van der Waals surface area contributed by atoms with E-state index in [-0.39, 0.29) is 12.5 Å². The number of amides is 1. The molecule has 1 N–H and O–H groups in total. The van der Waals surface area contributed by atoms with Crippen molar-refractivity contribution >= 4 is 17.2 Å². The van der Waals surface area contributed by atoms with Gasteiger partial charge >= 0.3 is 0 Å². The molecule has 21 heavy (non-hydrogen) atoms. The van der Waals surface area contributed by atoms with Crippen LogP contribution in [0, 0.1) is 6.92 Å². The van der Waals surface area contributed by atoms with E-state index in [1.807, 2.05) is 24.4 Å². The van der Waals surface area contributed by atoms with Gasteiger partial charge in [0.25, 0.3) is 5.91 Å². The fourth-order valence-electron chi connectivity index (χ4n) is 1.76. The lowest BCUT2D eigenvalue weighted by Gasteiger charge is -2.10.